The normalized spacial score (nSPS) is 18.3. The molecule has 1 aliphatic rings. The van der Waals surface area contributed by atoms with Gasteiger partial charge >= 0.3 is 0 Å². The van der Waals surface area contributed by atoms with E-state index >= 15 is 0 Å². The first-order valence-electron chi connectivity index (χ1n) is 6.61. The van der Waals surface area contributed by atoms with E-state index in [-0.39, 0.29) is 17.6 Å². The zero-order valence-corrected chi connectivity index (χ0v) is 11.2. The van der Waals surface area contributed by atoms with Crippen LogP contribution in [0.25, 0.3) is 0 Å². The van der Waals surface area contributed by atoms with Crippen LogP contribution in [0.15, 0.2) is 24.7 Å². The number of nitrogen functional groups attached to an aromatic ring is 1. The number of nitrogens with two attached hydrogens (primary N) is 1. The summed E-state index contributed by atoms with van der Waals surface area (Å²) in [7, 11) is 0. The fourth-order valence-electron chi connectivity index (χ4n) is 2.22. The molecule has 4 N–H and O–H groups in total. The van der Waals surface area contributed by atoms with E-state index in [1.807, 2.05) is 6.20 Å². The molecular weight excluding hydrogens is 275 g/mol. The Kier molecular flexibility index (Phi) is 3.43. The summed E-state index contributed by atoms with van der Waals surface area (Å²) in [6, 6.07) is 1.57. The Labute approximate surface area is 120 Å². The van der Waals surface area contributed by atoms with Gasteiger partial charge in [0.05, 0.1) is 29.8 Å². The van der Waals surface area contributed by atoms with Crippen LogP contribution in [0, 0.1) is 5.82 Å². The monoisotopic (exact) mass is 290 g/mol. The van der Waals surface area contributed by atoms with E-state index in [2.05, 4.69) is 20.7 Å². The molecule has 1 saturated heterocycles. The summed E-state index contributed by atoms with van der Waals surface area (Å²) in [6.07, 6.45) is 5.80. The second-order valence-corrected chi connectivity index (χ2v) is 4.92. The number of rotatable bonds is 3. The van der Waals surface area contributed by atoms with Gasteiger partial charge in [-0.3, -0.25) is 9.48 Å². The van der Waals surface area contributed by atoms with Crippen LogP contribution in [-0.4, -0.2) is 27.2 Å². The minimum absolute atomic E-state index is 0.0369. The number of carbonyl (C=O) groups excluding carboxylic acids is 1. The molecule has 2 aromatic heterocycles. The van der Waals surface area contributed by atoms with E-state index in [9.17, 15) is 9.18 Å². The maximum atomic E-state index is 13.0. The molecule has 1 atom stereocenters. The molecule has 0 aromatic carbocycles. The molecule has 1 fully saturated rings. The molecule has 7 nitrogen and oxygen atoms in total. The number of piperidine rings is 1. The molecule has 21 heavy (non-hydrogen) atoms. The van der Waals surface area contributed by atoms with Crippen molar-refractivity contribution in [3.63, 3.8) is 0 Å². The Morgan fingerprint density at radius 3 is 3.05 bits per heavy atom. The molecule has 1 aliphatic heterocycles. The first kappa shape index (κ1) is 13.3. The molecule has 0 bridgehead atoms. The number of halogens is 1. The number of carbonyl (C=O) groups is 1. The van der Waals surface area contributed by atoms with Crippen molar-refractivity contribution in [3.05, 3.63) is 30.5 Å². The van der Waals surface area contributed by atoms with Gasteiger partial charge < -0.3 is 16.4 Å². The van der Waals surface area contributed by atoms with Gasteiger partial charge in [0.25, 0.3) is 0 Å². The second-order valence-electron chi connectivity index (χ2n) is 4.92. The molecule has 110 valence electrons. The summed E-state index contributed by atoms with van der Waals surface area (Å²) in [4.78, 5) is 15.0. The third kappa shape index (κ3) is 2.93. The van der Waals surface area contributed by atoms with E-state index < -0.39 is 5.82 Å². The SMILES string of the molecule is Nc1cc(Nc2cnn([C@@H]3CCC(=O)NC3)c2)ncc1F. The highest BCUT2D eigenvalue weighted by Crippen LogP contribution is 2.21. The highest BCUT2D eigenvalue weighted by atomic mass is 19.1. The topological polar surface area (TPSA) is 97.9 Å². The smallest absolute Gasteiger partial charge is 0.220 e. The van der Waals surface area contributed by atoms with E-state index in [1.165, 1.54) is 6.07 Å². The largest absolute Gasteiger partial charge is 0.396 e. The van der Waals surface area contributed by atoms with Crippen molar-refractivity contribution in [1.82, 2.24) is 20.1 Å². The lowest BCUT2D eigenvalue weighted by atomic mass is 10.1. The van der Waals surface area contributed by atoms with Crippen LogP contribution in [-0.2, 0) is 4.79 Å². The second kappa shape index (κ2) is 5.39. The van der Waals surface area contributed by atoms with Crippen LogP contribution in [0.4, 0.5) is 21.6 Å². The van der Waals surface area contributed by atoms with Crippen LogP contribution in [0.2, 0.25) is 0 Å². The molecule has 8 heteroatoms. The van der Waals surface area contributed by atoms with Crippen LogP contribution < -0.4 is 16.4 Å². The van der Waals surface area contributed by atoms with Crippen LogP contribution in [0.3, 0.4) is 0 Å². The number of anilines is 3. The van der Waals surface area contributed by atoms with Crippen LogP contribution in [0.5, 0.6) is 0 Å². The number of nitrogens with one attached hydrogen (secondary N) is 2. The lowest BCUT2D eigenvalue weighted by Gasteiger charge is -2.22. The minimum atomic E-state index is -0.547. The summed E-state index contributed by atoms with van der Waals surface area (Å²) in [6.45, 7) is 0.571. The predicted octanol–water partition coefficient (Wildman–Crippen LogP) is 1.19. The lowest BCUT2D eigenvalue weighted by Crippen LogP contribution is -2.36. The lowest BCUT2D eigenvalue weighted by molar-refractivity contribution is -0.122. The molecule has 3 heterocycles. The molecule has 0 unspecified atom stereocenters. The van der Waals surface area contributed by atoms with Gasteiger partial charge in [-0.25, -0.2) is 9.37 Å². The van der Waals surface area contributed by atoms with E-state index in [1.54, 1.807) is 10.9 Å². The third-order valence-electron chi connectivity index (χ3n) is 3.37. The zero-order chi connectivity index (χ0) is 14.8. The van der Waals surface area contributed by atoms with Gasteiger partial charge in [0.2, 0.25) is 5.91 Å². The van der Waals surface area contributed by atoms with Gasteiger partial charge in [-0.2, -0.15) is 5.10 Å². The first-order chi connectivity index (χ1) is 10.1. The van der Waals surface area contributed by atoms with Crippen molar-refractivity contribution >= 4 is 23.1 Å². The maximum Gasteiger partial charge on any atom is 0.220 e. The summed E-state index contributed by atoms with van der Waals surface area (Å²) < 4.78 is 14.9. The fourth-order valence-corrected chi connectivity index (χ4v) is 2.22. The summed E-state index contributed by atoms with van der Waals surface area (Å²) in [5.74, 6) is -0.0256. The van der Waals surface area contributed by atoms with Gasteiger partial charge in [0.15, 0.2) is 5.82 Å². The van der Waals surface area contributed by atoms with Crippen molar-refractivity contribution in [2.75, 3.05) is 17.6 Å². The van der Waals surface area contributed by atoms with Gasteiger partial charge in [-0.1, -0.05) is 0 Å². The van der Waals surface area contributed by atoms with Crippen LogP contribution >= 0.6 is 0 Å². The Balaban J connectivity index is 1.70. The predicted molar refractivity (Wildman–Crippen MR) is 75.4 cm³/mol. The van der Waals surface area contributed by atoms with Gasteiger partial charge in [-0.05, 0) is 6.42 Å². The highest BCUT2D eigenvalue weighted by molar-refractivity contribution is 5.76. The molecular formula is C13H15FN6O. The van der Waals surface area contributed by atoms with Gasteiger partial charge in [0, 0.05) is 25.2 Å². The minimum Gasteiger partial charge on any atom is -0.396 e. The Morgan fingerprint density at radius 2 is 2.33 bits per heavy atom. The molecule has 2 aromatic rings. The van der Waals surface area contributed by atoms with Crippen molar-refractivity contribution in [3.8, 4) is 0 Å². The van der Waals surface area contributed by atoms with Crippen LogP contribution in [0.1, 0.15) is 18.9 Å². The Hall–Kier alpha value is -2.64. The number of nitrogens with zero attached hydrogens (tertiary/aromatic N) is 3. The van der Waals surface area contributed by atoms with E-state index in [4.69, 9.17) is 5.73 Å². The number of aromatic nitrogens is 3. The summed E-state index contributed by atoms with van der Waals surface area (Å²) in [5, 5.41) is 10.1. The van der Waals surface area contributed by atoms with Gasteiger partial charge in [-0.15, -0.1) is 0 Å². The molecule has 1 amide bonds. The number of hydrogen-bond acceptors (Lipinski definition) is 5. The number of pyridine rings is 1. The van der Waals surface area contributed by atoms with E-state index in [0.29, 0.717) is 18.8 Å². The zero-order valence-electron chi connectivity index (χ0n) is 11.2. The molecule has 0 saturated carbocycles. The molecule has 3 rings (SSSR count). The van der Waals surface area contributed by atoms with Crippen molar-refractivity contribution < 1.29 is 9.18 Å². The van der Waals surface area contributed by atoms with E-state index in [0.717, 1.165) is 18.3 Å². The third-order valence-corrected chi connectivity index (χ3v) is 3.37. The average Bonchev–Trinajstić information content (AvgIpc) is 2.92. The summed E-state index contributed by atoms with van der Waals surface area (Å²) in [5.41, 5.74) is 6.26. The quantitative estimate of drug-likeness (QED) is 0.789. The molecule has 0 radical (unpaired) electrons. The van der Waals surface area contributed by atoms with Crippen molar-refractivity contribution in [2.24, 2.45) is 0 Å². The highest BCUT2D eigenvalue weighted by Gasteiger charge is 2.20. The average molecular weight is 290 g/mol. The van der Waals surface area contributed by atoms with Crippen molar-refractivity contribution in [1.29, 1.82) is 0 Å². The molecule has 0 aliphatic carbocycles. The van der Waals surface area contributed by atoms with Crippen molar-refractivity contribution in [2.45, 2.75) is 18.9 Å². The first-order valence-corrected chi connectivity index (χ1v) is 6.61. The number of amides is 1. The molecule has 0 spiro atoms. The van der Waals surface area contributed by atoms with Gasteiger partial charge in [0.1, 0.15) is 5.82 Å². The summed E-state index contributed by atoms with van der Waals surface area (Å²) >= 11 is 0. The maximum absolute atomic E-state index is 13.0. The number of hydrogen-bond donors (Lipinski definition) is 3. The Morgan fingerprint density at radius 1 is 1.48 bits per heavy atom. The fraction of sp³-hybridized carbons (Fsp3) is 0.308. The standard InChI is InChI=1S/C13H15FN6O/c14-10-6-16-12(3-11(10)15)19-8-4-18-20(7-8)9-1-2-13(21)17-5-9/h3-4,6-7,9H,1-2,5H2,(H,17,21)(H3,15,16,19)/t9-/m1/s1. The Bertz CT molecular complexity index is 660.